The third-order valence-electron chi connectivity index (χ3n) is 4.04. The lowest BCUT2D eigenvalue weighted by Gasteiger charge is -2.13. The van der Waals surface area contributed by atoms with Crippen LogP contribution in [0.3, 0.4) is 0 Å². The number of carbonyl (C=O) groups excluding carboxylic acids is 1. The summed E-state index contributed by atoms with van der Waals surface area (Å²) in [6.07, 6.45) is 0. The number of rotatable bonds is 5. The monoisotopic (exact) mass is 351 g/mol. The molecule has 0 aliphatic rings. The van der Waals surface area contributed by atoms with Gasteiger partial charge >= 0.3 is 0 Å². The first-order valence-electron chi connectivity index (χ1n) is 8.22. The van der Waals surface area contributed by atoms with E-state index in [0.29, 0.717) is 0 Å². The van der Waals surface area contributed by atoms with E-state index < -0.39 is 0 Å². The fourth-order valence-corrected chi connectivity index (χ4v) is 3.64. The van der Waals surface area contributed by atoms with Crippen molar-refractivity contribution in [3.8, 4) is 5.69 Å². The second kappa shape index (κ2) is 7.23. The van der Waals surface area contributed by atoms with Gasteiger partial charge in [0, 0.05) is 11.3 Å². The average molecular weight is 351 g/mol. The quantitative estimate of drug-likeness (QED) is 0.499. The fourth-order valence-electron chi connectivity index (χ4n) is 2.65. The highest BCUT2D eigenvalue weighted by Crippen LogP contribution is 2.27. The van der Waals surface area contributed by atoms with E-state index >= 15 is 0 Å². The molecule has 1 heterocycles. The Kier molecular flexibility index (Phi) is 5.04. The molecule has 0 spiro atoms. The summed E-state index contributed by atoms with van der Waals surface area (Å²) in [6.45, 7) is 7.91. The number of hydrogen-bond acceptors (Lipinski definition) is 4. The van der Waals surface area contributed by atoms with Crippen molar-refractivity contribution in [2.24, 2.45) is 0 Å². The average Bonchev–Trinajstić information content (AvgIpc) is 2.95. The highest BCUT2D eigenvalue weighted by molar-refractivity contribution is 8.00. The van der Waals surface area contributed by atoms with E-state index in [0.717, 1.165) is 27.8 Å². The van der Waals surface area contributed by atoms with Crippen molar-refractivity contribution in [3.05, 3.63) is 71.0 Å². The maximum atomic E-state index is 12.7. The molecule has 0 radical (unpaired) electrons. The maximum Gasteiger partial charge on any atom is 0.196 e. The number of thioether (sulfide) groups is 1. The van der Waals surface area contributed by atoms with Crippen LogP contribution in [0.5, 0.6) is 0 Å². The molecule has 0 bridgehead atoms. The summed E-state index contributed by atoms with van der Waals surface area (Å²) < 4.78 is 2.00. The van der Waals surface area contributed by atoms with Crippen LogP contribution in [0.4, 0.5) is 0 Å². The topological polar surface area (TPSA) is 47.8 Å². The molecule has 3 rings (SSSR count). The van der Waals surface area contributed by atoms with Gasteiger partial charge in [0.1, 0.15) is 5.82 Å². The fraction of sp³-hybridized carbons (Fsp3) is 0.250. The van der Waals surface area contributed by atoms with Crippen LogP contribution < -0.4 is 0 Å². The molecule has 0 aliphatic carbocycles. The Morgan fingerprint density at radius 3 is 2.40 bits per heavy atom. The number of nitrogens with zero attached hydrogens (tertiary/aromatic N) is 3. The Morgan fingerprint density at radius 1 is 1.00 bits per heavy atom. The summed E-state index contributed by atoms with van der Waals surface area (Å²) in [6, 6.07) is 15.9. The molecule has 25 heavy (non-hydrogen) atoms. The highest BCUT2D eigenvalue weighted by atomic mass is 32.2. The van der Waals surface area contributed by atoms with Gasteiger partial charge in [-0.25, -0.2) is 0 Å². The largest absolute Gasteiger partial charge is 0.293 e. The van der Waals surface area contributed by atoms with Gasteiger partial charge in [-0.1, -0.05) is 53.7 Å². The van der Waals surface area contributed by atoms with Crippen LogP contribution in [0, 0.1) is 20.8 Å². The first kappa shape index (κ1) is 17.4. The van der Waals surface area contributed by atoms with Gasteiger partial charge in [-0.3, -0.25) is 9.36 Å². The Bertz CT molecular complexity index is 900. The van der Waals surface area contributed by atoms with E-state index in [1.807, 2.05) is 61.7 Å². The van der Waals surface area contributed by atoms with Gasteiger partial charge in [0.2, 0.25) is 0 Å². The number of ketones is 1. The molecule has 3 aromatic rings. The molecular weight excluding hydrogens is 330 g/mol. The Morgan fingerprint density at radius 2 is 1.72 bits per heavy atom. The number of aromatic nitrogens is 3. The maximum absolute atomic E-state index is 12.7. The zero-order chi connectivity index (χ0) is 18.0. The van der Waals surface area contributed by atoms with Crippen LogP contribution in [0.2, 0.25) is 0 Å². The van der Waals surface area contributed by atoms with E-state index in [1.54, 1.807) is 0 Å². The van der Waals surface area contributed by atoms with Gasteiger partial charge < -0.3 is 0 Å². The number of Topliss-reactive ketones (excluding diaryl/α,β-unsaturated/α-hetero) is 1. The van der Waals surface area contributed by atoms with E-state index in [-0.39, 0.29) is 11.0 Å². The lowest BCUT2D eigenvalue weighted by molar-refractivity contribution is 0.0994. The summed E-state index contributed by atoms with van der Waals surface area (Å²) in [7, 11) is 0. The standard InChI is InChI=1S/C20H21N3OS/c1-13-8-10-17(11-9-13)19(24)15(3)25-20-22-21-16(4)23(20)18-7-5-6-14(2)12-18/h5-12,15H,1-4H3. The van der Waals surface area contributed by atoms with Gasteiger partial charge in [0.05, 0.1) is 5.25 Å². The SMILES string of the molecule is Cc1ccc(C(=O)C(C)Sc2nnc(C)n2-c2cccc(C)c2)cc1. The molecule has 0 amide bonds. The smallest absolute Gasteiger partial charge is 0.196 e. The van der Waals surface area contributed by atoms with Gasteiger partial charge in [0.25, 0.3) is 0 Å². The predicted octanol–water partition coefficient (Wildman–Crippen LogP) is 4.56. The molecule has 2 aromatic carbocycles. The molecular formula is C20H21N3OS. The minimum atomic E-state index is -0.241. The molecule has 0 fully saturated rings. The molecule has 128 valence electrons. The molecule has 0 saturated carbocycles. The molecule has 4 nitrogen and oxygen atoms in total. The molecule has 5 heteroatoms. The van der Waals surface area contributed by atoms with Crippen LogP contribution in [-0.4, -0.2) is 25.8 Å². The van der Waals surface area contributed by atoms with E-state index in [9.17, 15) is 4.79 Å². The summed E-state index contributed by atoms with van der Waals surface area (Å²) >= 11 is 1.44. The summed E-state index contributed by atoms with van der Waals surface area (Å²) in [5.74, 6) is 0.907. The zero-order valence-electron chi connectivity index (χ0n) is 14.9. The van der Waals surface area contributed by atoms with Crippen LogP contribution in [0.1, 0.15) is 34.2 Å². The van der Waals surface area contributed by atoms with Crippen molar-refractivity contribution >= 4 is 17.5 Å². The van der Waals surface area contributed by atoms with Gasteiger partial charge in [-0.2, -0.15) is 0 Å². The predicted molar refractivity (Wildman–Crippen MR) is 102 cm³/mol. The van der Waals surface area contributed by atoms with E-state index in [2.05, 4.69) is 29.3 Å². The van der Waals surface area contributed by atoms with Crippen molar-refractivity contribution in [2.45, 2.75) is 38.1 Å². The van der Waals surface area contributed by atoms with Crippen LogP contribution in [0.15, 0.2) is 53.7 Å². The molecule has 1 aromatic heterocycles. The first-order valence-corrected chi connectivity index (χ1v) is 9.10. The number of carbonyl (C=O) groups is 1. The zero-order valence-corrected chi connectivity index (χ0v) is 15.7. The van der Waals surface area contributed by atoms with E-state index in [4.69, 9.17) is 0 Å². The van der Waals surface area contributed by atoms with Crippen LogP contribution in [0.25, 0.3) is 5.69 Å². The third-order valence-corrected chi connectivity index (χ3v) is 5.09. The van der Waals surface area contributed by atoms with Gasteiger partial charge in [-0.15, -0.1) is 10.2 Å². The molecule has 0 aliphatic heterocycles. The van der Waals surface area contributed by atoms with E-state index in [1.165, 1.54) is 17.3 Å². The summed E-state index contributed by atoms with van der Waals surface area (Å²) in [5.41, 5.74) is 4.06. The number of aryl methyl sites for hydroxylation is 3. The number of hydrogen-bond donors (Lipinski definition) is 0. The number of benzene rings is 2. The summed E-state index contributed by atoms with van der Waals surface area (Å²) in [4.78, 5) is 12.7. The van der Waals surface area contributed by atoms with Crippen LogP contribution in [-0.2, 0) is 0 Å². The first-order chi connectivity index (χ1) is 12.0. The summed E-state index contributed by atoms with van der Waals surface area (Å²) in [5, 5.41) is 8.97. The Labute approximate surface area is 152 Å². The van der Waals surface area contributed by atoms with Gasteiger partial charge in [0.15, 0.2) is 10.9 Å². The molecule has 1 unspecified atom stereocenters. The Hall–Kier alpha value is -2.40. The van der Waals surface area contributed by atoms with Crippen molar-refractivity contribution in [1.29, 1.82) is 0 Å². The van der Waals surface area contributed by atoms with Crippen LogP contribution >= 0.6 is 11.8 Å². The Balaban J connectivity index is 1.86. The second-order valence-corrected chi connectivity index (χ2v) is 7.50. The van der Waals surface area contributed by atoms with Crippen molar-refractivity contribution < 1.29 is 4.79 Å². The molecule has 1 atom stereocenters. The van der Waals surface area contributed by atoms with Crippen molar-refractivity contribution in [1.82, 2.24) is 14.8 Å². The lowest BCUT2D eigenvalue weighted by Crippen LogP contribution is -2.14. The highest BCUT2D eigenvalue weighted by Gasteiger charge is 2.21. The van der Waals surface area contributed by atoms with Crippen molar-refractivity contribution in [2.75, 3.05) is 0 Å². The van der Waals surface area contributed by atoms with Gasteiger partial charge in [-0.05, 0) is 45.4 Å². The minimum Gasteiger partial charge on any atom is -0.293 e. The second-order valence-electron chi connectivity index (χ2n) is 6.19. The lowest BCUT2D eigenvalue weighted by atomic mass is 10.1. The molecule has 0 saturated heterocycles. The molecule has 0 N–H and O–H groups in total. The minimum absolute atomic E-state index is 0.0986. The van der Waals surface area contributed by atoms with Crippen molar-refractivity contribution in [3.63, 3.8) is 0 Å². The normalized spacial score (nSPS) is 12.2. The third kappa shape index (κ3) is 3.82.